The van der Waals surface area contributed by atoms with E-state index < -0.39 is 6.10 Å². The molecule has 2 heterocycles. The minimum absolute atomic E-state index is 0.252. The lowest BCUT2D eigenvalue weighted by Gasteiger charge is -2.08. The highest BCUT2D eigenvalue weighted by Gasteiger charge is 2.28. The lowest BCUT2D eigenvalue weighted by atomic mass is 10.1. The molecular weight excluding hydrogens is 276 g/mol. The molecule has 20 heavy (non-hydrogen) atoms. The summed E-state index contributed by atoms with van der Waals surface area (Å²) in [6.45, 7) is 0.404. The summed E-state index contributed by atoms with van der Waals surface area (Å²) in [5.74, 6) is 0.996. The van der Waals surface area contributed by atoms with Crippen LogP contribution in [-0.2, 0) is 0 Å². The molecule has 0 radical (unpaired) electrons. The number of carbonyl (C=O) groups is 1. The van der Waals surface area contributed by atoms with Gasteiger partial charge in [0.25, 0.3) is 5.91 Å². The van der Waals surface area contributed by atoms with E-state index >= 15 is 0 Å². The fourth-order valence-electron chi connectivity index (χ4n) is 2.00. The highest BCUT2D eigenvalue weighted by atomic mass is 32.1. The summed E-state index contributed by atoms with van der Waals surface area (Å²) in [5.41, 5.74) is 1.21. The number of thiophene rings is 1. The Kier molecular flexibility index (Phi) is 3.84. The van der Waals surface area contributed by atoms with Gasteiger partial charge in [-0.05, 0) is 41.7 Å². The molecule has 3 rings (SSSR count). The van der Waals surface area contributed by atoms with Gasteiger partial charge in [0.2, 0.25) is 0 Å². The predicted molar refractivity (Wildman–Crippen MR) is 74.7 cm³/mol. The topological polar surface area (TPSA) is 75.4 Å². The number of aliphatic hydroxyl groups excluding tert-OH is 1. The summed E-state index contributed by atoms with van der Waals surface area (Å²) in [6.07, 6.45) is 2.17. The van der Waals surface area contributed by atoms with Crippen molar-refractivity contribution in [2.24, 2.45) is 0 Å². The SMILES string of the molecule is O=C(NCC[C@@H](O)c1ccsc1)c1cc(C2CC2)on1. The van der Waals surface area contributed by atoms with Crippen molar-refractivity contribution in [3.8, 4) is 0 Å². The second-order valence-electron chi connectivity index (χ2n) is 5.01. The Morgan fingerprint density at radius 1 is 1.60 bits per heavy atom. The van der Waals surface area contributed by atoms with Crippen molar-refractivity contribution in [1.82, 2.24) is 10.5 Å². The van der Waals surface area contributed by atoms with E-state index in [4.69, 9.17) is 4.52 Å². The minimum atomic E-state index is -0.541. The van der Waals surface area contributed by atoms with Crippen molar-refractivity contribution in [3.05, 3.63) is 39.9 Å². The van der Waals surface area contributed by atoms with Crippen molar-refractivity contribution in [3.63, 3.8) is 0 Å². The molecule has 0 aliphatic heterocycles. The Labute approximate surface area is 120 Å². The monoisotopic (exact) mass is 292 g/mol. The van der Waals surface area contributed by atoms with E-state index in [9.17, 15) is 9.90 Å². The molecule has 2 N–H and O–H groups in total. The van der Waals surface area contributed by atoms with E-state index in [1.165, 1.54) is 0 Å². The molecule has 1 saturated carbocycles. The highest BCUT2D eigenvalue weighted by molar-refractivity contribution is 7.07. The smallest absolute Gasteiger partial charge is 0.273 e. The third-order valence-electron chi connectivity index (χ3n) is 3.37. The molecule has 1 aliphatic rings. The second-order valence-corrected chi connectivity index (χ2v) is 5.79. The van der Waals surface area contributed by atoms with Crippen LogP contribution < -0.4 is 5.32 Å². The third kappa shape index (κ3) is 3.08. The molecule has 0 saturated heterocycles. The van der Waals surface area contributed by atoms with Gasteiger partial charge in [0.15, 0.2) is 5.69 Å². The molecule has 0 aromatic carbocycles. The summed E-state index contributed by atoms with van der Waals surface area (Å²) in [5, 5.41) is 20.3. The van der Waals surface area contributed by atoms with Crippen molar-refractivity contribution in [2.45, 2.75) is 31.3 Å². The number of hydrogen-bond donors (Lipinski definition) is 2. The van der Waals surface area contributed by atoms with Crippen LogP contribution in [0.2, 0.25) is 0 Å². The van der Waals surface area contributed by atoms with Crippen LogP contribution in [0.5, 0.6) is 0 Å². The lowest BCUT2D eigenvalue weighted by molar-refractivity contribution is 0.0933. The van der Waals surface area contributed by atoms with Crippen LogP contribution >= 0.6 is 11.3 Å². The Morgan fingerprint density at radius 2 is 2.45 bits per heavy atom. The molecule has 2 aromatic rings. The van der Waals surface area contributed by atoms with Crippen LogP contribution in [0.3, 0.4) is 0 Å². The molecule has 0 unspecified atom stereocenters. The number of carbonyl (C=O) groups excluding carboxylic acids is 1. The van der Waals surface area contributed by atoms with E-state index in [1.54, 1.807) is 17.4 Å². The number of rotatable bonds is 6. The first-order chi connectivity index (χ1) is 9.74. The quantitative estimate of drug-likeness (QED) is 0.857. The average molecular weight is 292 g/mol. The second kappa shape index (κ2) is 5.76. The van der Waals surface area contributed by atoms with Crippen molar-refractivity contribution >= 4 is 17.2 Å². The van der Waals surface area contributed by atoms with Crippen molar-refractivity contribution in [1.29, 1.82) is 0 Å². The predicted octanol–water partition coefficient (Wildman–Crippen LogP) is 2.47. The molecule has 2 aromatic heterocycles. The number of aromatic nitrogens is 1. The minimum Gasteiger partial charge on any atom is -0.388 e. The number of hydrogen-bond acceptors (Lipinski definition) is 5. The number of nitrogens with zero attached hydrogens (tertiary/aromatic N) is 1. The van der Waals surface area contributed by atoms with Gasteiger partial charge < -0.3 is 14.9 Å². The molecule has 1 atom stereocenters. The zero-order valence-corrected chi connectivity index (χ0v) is 11.7. The summed E-state index contributed by atoms with van der Waals surface area (Å²) >= 11 is 1.55. The van der Waals surface area contributed by atoms with Crippen LogP contribution in [0, 0.1) is 0 Å². The average Bonchev–Trinajstić information content (AvgIpc) is 2.97. The summed E-state index contributed by atoms with van der Waals surface area (Å²) in [7, 11) is 0. The van der Waals surface area contributed by atoms with E-state index in [1.807, 2.05) is 16.8 Å². The van der Waals surface area contributed by atoms with Gasteiger partial charge in [0.1, 0.15) is 5.76 Å². The zero-order valence-electron chi connectivity index (χ0n) is 10.9. The first-order valence-corrected chi connectivity index (χ1v) is 7.63. The Morgan fingerprint density at radius 3 is 3.15 bits per heavy atom. The van der Waals surface area contributed by atoms with Gasteiger partial charge in [0, 0.05) is 18.5 Å². The molecule has 0 bridgehead atoms. The van der Waals surface area contributed by atoms with Gasteiger partial charge in [-0.3, -0.25) is 4.79 Å². The Balaban J connectivity index is 1.46. The molecule has 5 nitrogen and oxygen atoms in total. The van der Waals surface area contributed by atoms with Crippen LogP contribution in [-0.4, -0.2) is 22.7 Å². The Hall–Kier alpha value is -1.66. The number of aliphatic hydroxyl groups is 1. The van der Waals surface area contributed by atoms with E-state index in [-0.39, 0.29) is 5.91 Å². The molecule has 106 valence electrons. The first kappa shape index (κ1) is 13.3. The van der Waals surface area contributed by atoms with Gasteiger partial charge in [-0.15, -0.1) is 0 Å². The van der Waals surface area contributed by atoms with Crippen LogP contribution in [0.1, 0.15) is 53.1 Å². The summed E-state index contributed by atoms with van der Waals surface area (Å²) in [4.78, 5) is 11.9. The molecule has 6 heteroatoms. The van der Waals surface area contributed by atoms with Crippen LogP contribution in [0.4, 0.5) is 0 Å². The van der Waals surface area contributed by atoms with Gasteiger partial charge in [0.05, 0.1) is 6.10 Å². The van der Waals surface area contributed by atoms with E-state index in [2.05, 4.69) is 10.5 Å². The maximum absolute atomic E-state index is 11.9. The van der Waals surface area contributed by atoms with E-state index in [0.717, 1.165) is 24.2 Å². The molecule has 1 amide bonds. The van der Waals surface area contributed by atoms with E-state index in [0.29, 0.717) is 24.6 Å². The number of nitrogens with one attached hydrogen (secondary N) is 1. The standard InChI is InChI=1S/C14H16N2O3S/c17-12(10-4-6-20-8-10)3-5-15-14(18)11-7-13(19-16-11)9-1-2-9/h4,6-9,12,17H,1-3,5H2,(H,15,18)/t12-/m1/s1. The van der Waals surface area contributed by atoms with Crippen molar-refractivity contribution in [2.75, 3.05) is 6.54 Å². The Bertz CT molecular complexity index is 575. The molecule has 1 aliphatic carbocycles. The van der Waals surface area contributed by atoms with Crippen LogP contribution in [0.15, 0.2) is 27.4 Å². The van der Waals surface area contributed by atoms with Crippen LogP contribution in [0.25, 0.3) is 0 Å². The normalized spacial score (nSPS) is 16.1. The maximum atomic E-state index is 11.9. The lowest BCUT2D eigenvalue weighted by Crippen LogP contribution is -2.25. The van der Waals surface area contributed by atoms with Gasteiger partial charge in [-0.1, -0.05) is 5.16 Å². The highest BCUT2D eigenvalue weighted by Crippen LogP contribution is 2.40. The fourth-order valence-corrected chi connectivity index (χ4v) is 2.71. The van der Waals surface area contributed by atoms with Crippen molar-refractivity contribution < 1.29 is 14.4 Å². The maximum Gasteiger partial charge on any atom is 0.273 e. The largest absolute Gasteiger partial charge is 0.388 e. The molecular formula is C14H16N2O3S. The van der Waals surface area contributed by atoms with Gasteiger partial charge in [-0.2, -0.15) is 11.3 Å². The summed E-state index contributed by atoms with van der Waals surface area (Å²) in [6, 6.07) is 3.60. The van der Waals surface area contributed by atoms with Gasteiger partial charge in [-0.25, -0.2) is 0 Å². The molecule has 0 spiro atoms. The summed E-state index contributed by atoms with van der Waals surface area (Å²) < 4.78 is 5.14. The van der Waals surface area contributed by atoms with Gasteiger partial charge >= 0.3 is 0 Å². The number of amides is 1. The molecule has 1 fully saturated rings. The zero-order chi connectivity index (χ0) is 13.9. The fraction of sp³-hybridized carbons (Fsp3) is 0.429. The third-order valence-corrected chi connectivity index (χ3v) is 4.07. The first-order valence-electron chi connectivity index (χ1n) is 6.69.